The normalized spacial score (nSPS) is 16.9. The minimum absolute atomic E-state index is 0.0834. The van der Waals surface area contributed by atoms with Gasteiger partial charge in [-0.25, -0.2) is 4.98 Å². The Bertz CT molecular complexity index is 978. The summed E-state index contributed by atoms with van der Waals surface area (Å²) in [5.74, 6) is 1.55. The summed E-state index contributed by atoms with van der Waals surface area (Å²) in [6.45, 7) is 6.22. The summed E-state index contributed by atoms with van der Waals surface area (Å²) in [6, 6.07) is 7.98. The first-order valence-corrected chi connectivity index (χ1v) is 11.0. The third-order valence-electron chi connectivity index (χ3n) is 6.25. The van der Waals surface area contributed by atoms with Gasteiger partial charge in [0, 0.05) is 23.5 Å². The van der Waals surface area contributed by atoms with Crippen LogP contribution in [-0.2, 0) is 13.1 Å². The zero-order valence-corrected chi connectivity index (χ0v) is 18.4. The van der Waals surface area contributed by atoms with Gasteiger partial charge in [-0.15, -0.1) is 0 Å². The van der Waals surface area contributed by atoms with E-state index in [9.17, 15) is 4.79 Å². The molecule has 4 rings (SSSR count). The first-order valence-electron chi connectivity index (χ1n) is 11.0. The van der Waals surface area contributed by atoms with E-state index in [1.54, 1.807) is 12.7 Å². The summed E-state index contributed by atoms with van der Waals surface area (Å²) in [6.07, 6.45) is 9.22. The SMILES string of the molecule is CCc1c(C)nc2n(c1=O)CN(CCC1=CCCCC1)CN2c1ccc(OC)cc1. The summed E-state index contributed by atoms with van der Waals surface area (Å²) >= 11 is 0. The second-order valence-corrected chi connectivity index (χ2v) is 8.22. The second-order valence-electron chi connectivity index (χ2n) is 8.22. The molecule has 1 aromatic carbocycles. The molecule has 0 spiro atoms. The topological polar surface area (TPSA) is 50.6 Å². The lowest BCUT2D eigenvalue weighted by Crippen LogP contribution is -2.48. The van der Waals surface area contributed by atoms with E-state index >= 15 is 0 Å². The molecule has 0 bridgehead atoms. The van der Waals surface area contributed by atoms with E-state index in [-0.39, 0.29) is 5.56 Å². The number of aromatic nitrogens is 2. The molecule has 1 aliphatic heterocycles. The van der Waals surface area contributed by atoms with E-state index in [1.165, 1.54) is 25.7 Å². The van der Waals surface area contributed by atoms with Crippen molar-refractivity contribution in [2.24, 2.45) is 0 Å². The van der Waals surface area contributed by atoms with Crippen LogP contribution in [0.15, 0.2) is 40.7 Å². The van der Waals surface area contributed by atoms with Gasteiger partial charge in [0.25, 0.3) is 5.56 Å². The van der Waals surface area contributed by atoms with Crippen molar-refractivity contribution in [2.45, 2.75) is 59.0 Å². The van der Waals surface area contributed by atoms with Crippen LogP contribution in [0.5, 0.6) is 5.75 Å². The van der Waals surface area contributed by atoms with Crippen LogP contribution in [0.1, 0.15) is 50.3 Å². The van der Waals surface area contributed by atoms with Crippen LogP contribution < -0.4 is 15.2 Å². The number of nitrogens with zero attached hydrogens (tertiary/aromatic N) is 4. The molecule has 6 heteroatoms. The lowest BCUT2D eigenvalue weighted by Gasteiger charge is -2.38. The zero-order valence-electron chi connectivity index (χ0n) is 18.4. The summed E-state index contributed by atoms with van der Waals surface area (Å²) in [4.78, 5) is 22.6. The quantitative estimate of drug-likeness (QED) is 0.664. The Morgan fingerprint density at radius 1 is 1.13 bits per heavy atom. The Kier molecular flexibility index (Phi) is 6.23. The molecule has 0 N–H and O–H groups in total. The molecule has 0 radical (unpaired) electrons. The molecule has 0 saturated carbocycles. The van der Waals surface area contributed by atoms with Crippen molar-refractivity contribution < 1.29 is 4.74 Å². The number of hydrogen-bond acceptors (Lipinski definition) is 5. The number of aryl methyl sites for hydroxylation is 1. The fourth-order valence-corrected chi connectivity index (χ4v) is 4.47. The van der Waals surface area contributed by atoms with Crippen molar-refractivity contribution in [3.8, 4) is 5.75 Å². The van der Waals surface area contributed by atoms with Gasteiger partial charge in [-0.3, -0.25) is 19.2 Å². The van der Waals surface area contributed by atoms with Gasteiger partial charge >= 0.3 is 0 Å². The molecule has 6 nitrogen and oxygen atoms in total. The summed E-state index contributed by atoms with van der Waals surface area (Å²) < 4.78 is 7.16. The van der Waals surface area contributed by atoms with E-state index in [0.717, 1.165) is 48.3 Å². The molecule has 2 aromatic rings. The smallest absolute Gasteiger partial charge is 0.259 e. The Morgan fingerprint density at radius 3 is 2.60 bits per heavy atom. The molecular formula is C24H32N4O2. The van der Waals surface area contributed by atoms with Gasteiger partial charge in [-0.2, -0.15) is 0 Å². The van der Waals surface area contributed by atoms with Crippen LogP contribution in [0.4, 0.5) is 11.6 Å². The molecule has 160 valence electrons. The van der Waals surface area contributed by atoms with Crippen molar-refractivity contribution in [3.63, 3.8) is 0 Å². The second kappa shape index (κ2) is 9.04. The van der Waals surface area contributed by atoms with Crippen LogP contribution in [0.25, 0.3) is 0 Å². The molecule has 2 heterocycles. The van der Waals surface area contributed by atoms with Gasteiger partial charge in [-0.1, -0.05) is 18.6 Å². The van der Waals surface area contributed by atoms with Crippen molar-refractivity contribution in [3.05, 3.63) is 57.5 Å². The molecule has 0 fully saturated rings. The Morgan fingerprint density at radius 2 is 1.93 bits per heavy atom. The van der Waals surface area contributed by atoms with Gasteiger partial charge in [0.05, 0.1) is 20.4 Å². The highest BCUT2D eigenvalue weighted by atomic mass is 16.5. The molecule has 0 saturated heterocycles. The highest BCUT2D eigenvalue weighted by Gasteiger charge is 2.27. The third-order valence-corrected chi connectivity index (χ3v) is 6.25. The average molecular weight is 409 g/mol. The maximum atomic E-state index is 13.2. The molecule has 0 unspecified atom stereocenters. The van der Waals surface area contributed by atoms with Crippen LogP contribution in [0.2, 0.25) is 0 Å². The first-order chi connectivity index (χ1) is 14.6. The molecule has 1 aromatic heterocycles. The van der Waals surface area contributed by atoms with Crippen LogP contribution in [0.3, 0.4) is 0 Å². The largest absolute Gasteiger partial charge is 0.497 e. The van der Waals surface area contributed by atoms with E-state index in [4.69, 9.17) is 9.72 Å². The number of hydrogen-bond donors (Lipinski definition) is 0. The van der Waals surface area contributed by atoms with Crippen LogP contribution in [-0.4, -0.2) is 34.8 Å². The Balaban J connectivity index is 1.67. The molecule has 1 aliphatic carbocycles. The molecule has 0 amide bonds. The zero-order chi connectivity index (χ0) is 21.1. The van der Waals surface area contributed by atoms with Gasteiger partial charge in [-0.05, 0) is 69.7 Å². The monoisotopic (exact) mass is 408 g/mol. The number of benzene rings is 1. The van der Waals surface area contributed by atoms with Gasteiger partial charge in [0.2, 0.25) is 5.95 Å². The predicted octanol–water partition coefficient (Wildman–Crippen LogP) is 4.38. The third kappa shape index (κ3) is 4.15. The van der Waals surface area contributed by atoms with Crippen molar-refractivity contribution in [1.82, 2.24) is 14.5 Å². The number of rotatable bonds is 6. The summed E-state index contributed by atoms with van der Waals surface area (Å²) in [5, 5.41) is 0. The molecule has 0 atom stereocenters. The standard InChI is InChI=1S/C24H32N4O2/c1-4-22-18(2)25-24-27(20-10-12-21(30-3)13-11-20)16-26(17-28(24)23(22)29)15-14-19-8-6-5-7-9-19/h8,10-13H,4-7,9,14-17H2,1-3H3. The van der Waals surface area contributed by atoms with Crippen LogP contribution in [0, 0.1) is 6.92 Å². The summed E-state index contributed by atoms with van der Waals surface area (Å²) in [5.41, 5.74) is 4.30. The van der Waals surface area contributed by atoms with Crippen molar-refractivity contribution >= 4 is 11.6 Å². The first kappa shape index (κ1) is 20.7. The molecule has 2 aliphatic rings. The van der Waals surface area contributed by atoms with Gasteiger partial charge in [0.15, 0.2) is 0 Å². The van der Waals surface area contributed by atoms with Crippen molar-refractivity contribution in [2.75, 3.05) is 25.2 Å². The van der Waals surface area contributed by atoms with E-state index in [2.05, 4.69) is 15.9 Å². The lowest BCUT2D eigenvalue weighted by molar-refractivity contribution is 0.199. The minimum atomic E-state index is 0.0834. The maximum Gasteiger partial charge on any atom is 0.259 e. The van der Waals surface area contributed by atoms with E-state index in [0.29, 0.717) is 13.1 Å². The molecular weight excluding hydrogens is 376 g/mol. The number of allylic oxidation sites excluding steroid dienone is 1. The van der Waals surface area contributed by atoms with Gasteiger partial charge < -0.3 is 4.74 Å². The minimum Gasteiger partial charge on any atom is -0.497 e. The average Bonchev–Trinajstić information content (AvgIpc) is 2.78. The lowest BCUT2D eigenvalue weighted by atomic mass is 9.97. The Hall–Kier alpha value is -2.60. The van der Waals surface area contributed by atoms with E-state index in [1.807, 2.05) is 42.7 Å². The van der Waals surface area contributed by atoms with E-state index < -0.39 is 0 Å². The number of anilines is 2. The molecule has 30 heavy (non-hydrogen) atoms. The highest BCUT2D eigenvalue weighted by Crippen LogP contribution is 2.30. The fraction of sp³-hybridized carbons (Fsp3) is 0.500. The maximum absolute atomic E-state index is 13.2. The predicted molar refractivity (Wildman–Crippen MR) is 120 cm³/mol. The van der Waals surface area contributed by atoms with Crippen molar-refractivity contribution in [1.29, 1.82) is 0 Å². The van der Waals surface area contributed by atoms with Gasteiger partial charge in [0.1, 0.15) is 5.75 Å². The summed E-state index contributed by atoms with van der Waals surface area (Å²) in [7, 11) is 1.67. The number of fused-ring (bicyclic) bond motifs is 1. The number of ether oxygens (including phenoxy) is 1. The fourth-order valence-electron chi connectivity index (χ4n) is 4.47. The number of methoxy groups -OCH3 is 1. The highest BCUT2D eigenvalue weighted by molar-refractivity contribution is 5.59. The van der Waals surface area contributed by atoms with Crippen LogP contribution >= 0.6 is 0 Å². The Labute approximate surface area is 178 Å².